The average molecular weight is 222 g/mol. The van der Waals surface area contributed by atoms with Gasteiger partial charge in [-0.15, -0.1) is 0 Å². The quantitative estimate of drug-likeness (QED) is 0.836. The van der Waals surface area contributed by atoms with Crippen molar-refractivity contribution in [3.8, 4) is 0 Å². The molecule has 2 heterocycles. The molecule has 2 rings (SSSR count). The van der Waals surface area contributed by atoms with E-state index in [-0.39, 0.29) is 0 Å². The maximum Gasteiger partial charge on any atom is 0.0764 e. The van der Waals surface area contributed by atoms with Crippen LogP contribution < -0.4 is 5.32 Å². The van der Waals surface area contributed by atoms with Crippen LogP contribution in [0.4, 0.5) is 0 Å². The Hall–Kier alpha value is -0.870. The first kappa shape index (κ1) is 11.6. The molecule has 0 amide bonds. The highest BCUT2D eigenvalue weighted by molar-refractivity contribution is 5.00. The van der Waals surface area contributed by atoms with E-state index in [1.807, 2.05) is 4.68 Å². The van der Waals surface area contributed by atoms with Crippen LogP contribution in [-0.2, 0) is 6.54 Å². The van der Waals surface area contributed by atoms with Gasteiger partial charge in [-0.05, 0) is 26.8 Å². The molecule has 1 N–H and O–H groups in total. The number of aromatic nitrogens is 2. The van der Waals surface area contributed by atoms with Crippen molar-refractivity contribution < 1.29 is 0 Å². The number of piperazine rings is 1. The molecule has 0 bridgehead atoms. The van der Waals surface area contributed by atoms with E-state index >= 15 is 0 Å². The summed E-state index contributed by atoms with van der Waals surface area (Å²) in [5, 5.41) is 8.04. The molecule has 16 heavy (non-hydrogen) atoms. The lowest BCUT2D eigenvalue weighted by Gasteiger charge is -2.31. The van der Waals surface area contributed by atoms with Gasteiger partial charge < -0.3 is 5.32 Å². The summed E-state index contributed by atoms with van der Waals surface area (Å²) < 4.78 is 2.03. The van der Waals surface area contributed by atoms with Crippen molar-refractivity contribution in [2.45, 2.75) is 39.4 Å². The molecule has 1 aliphatic rings. The van der Waals surface area contributed by atoms with Crippen LogP contribution in [0.2, 0.25) is 0 Å². The van der Waals surface area contributed by atoms with Crippen molar-refractivity contribution in [1.29, 1.82) is 0 Å². The zero-order valence-corrected chi connectivity index (χ0v) is 10.5. The maximum atomic E-state index is 4.58. The number of hydrogen-bond acceptors (Lipinski definition) is 3. The van der Waals surface area contributed by atoms with E-state index < -0.39 is 0 Å². The maximum absolute atomic E-state index is 4.58. The molecule has 0 radical (unpaired) electrons. The Morgan fingerprint density at radius 1 is 1.56 bits per heavy atom. The summed E-state index contributed by atoms with van der Waals surface area (Å²) in [6.45, 7) is 10.9. The van der Waals surface area contributed by atoms with Gasteiger partial charge in [-0.3, -0.25) is 9.58 Å². The first-order valence-corrected chi connectivity index (χ1v) is 6.15. The van der Waals surface area contributed by atoms with Crippen LogP contribution in [0.25, 0.3) is 0 Å². The Labute approximate surface area is 97.6 Å². The smallest absolute Gasteiger partial charge is 0.0764 e. The summed E-state index contributed by atoms with van der Waals surface area (Å²) in [6, 6.07) is 3.18. The van der Waals surface area contributed by atoms with Gasteiger partial charge in [0.15, 0.2) is 0 Å². The normalized spacial score (nSPS) is 22.9. The third-order valence-electron chi connectivity index (χ3n) is 3.03. The predicted molar refractivity (Wildman–Crippen MR) is 65.4 cm³/mol. The van der Waals surface area contributed by atoms with E-state index in [0.717, 1.165) is 26.2 Å². The van der Waals surface area contributed by atoms with E-state index in [1.54, 1.807) is 0 Å². The van der Waals surface area contributed by atoms with E-state index in [0.29, 0.717) is 12.1 Å². The van der Waals surface area contributed by atoms with Crippen LogP contribution >= 0.6 is 0 Å². The van der Waals surface area contributed by atoms with Crippen molar-refractivity contribution >= 4 is 0 Å². The molecule has 90 valence electrons. The van der Waals surface area contributed by atoms with Crippen molar-refractivity contribution in [3.05, 3.63) is 18.0 Å². The molecule has 0 aliphatic carbocycles. The Kier molecular flexibility index (Phi) is 3.61. The van der Waals surface area contributed by atoms with Crippen molar-refractivity contribution in [2.75, 3.05) is 19.6 Å². The minimum absolute atomic E-state index is 0.454. The van der Waals surface area contributed by atoms with Crippen LogP contribution in [-0.4, -0.2) is 40.4 Å². The summed E-state index contributed by atoms with van der Waals surface area (Å²) in [5.41, 5.74) is 1.18. The fraction of sp³-hybridized carbons (Fsp3) is 0.750. The van der Waals surface area contributed by atoms with E-state index in [1.165, 1.54) is 5.69 Å². The van der Waals surface area contributed by atoms with Crippen molar-refractivity contribution in [3.63, 3.8) is 0 Å². The van der Waals surface area contributed by atoms with Gasteiger partial charge in [0.05, 0.1) is 5.69 Å². The van der Waals surface area contributed by atoms with Gasteiger partial charge >= 0.3 is 0 Å². The number of rotatable bonds is 3. The van der Waals surface area contributed by atoms with E-state index in [9.17, 15) is 0 Å². The second-order valence-electron chi connectivity index (χ2n) is 4.97. The van der Waals surface area contributed by atoms with Crippen LogP contribution in [0.3, 0.4) is 0 Å². The number of hydrogen-bond donors (Lipinski definition) is 1. The highest BCUT2D eigenvalue weighted by Gasteiger charge is 2.16. The number of nitrogens with one attached hydrogen (secondary N) is 1. The topological polar surface area (TPSA) is 33.1 Å². The molecule has 4 heteroatoms. The Balaban J connectivity index is 1.92. The predicted octanol–water partition coefficient (Wildman–Crippen LogP) is 1.26. The average Bonchev–Trinajstić information content (AvgIpc) is 2.66. The lowest BCUT2D eigenvalue weighted by atomic mass is 10.2. The van der Waals surface area contributed by atoms with Gasteiger partial charge in [-0.1, -0.05) is 0 Å². The van der Waals surface area contributed by atoms with Crippen molar-refractivity contribution in [2.24, 2.45) is 0 Å². The molecule has 0 saturated carbocycles. The molecule has 1 aliphatic heterocycles. The molecule has 1 aromatic heterocycles. The highest BCUT2D eigenvalue weighted by atomic mass is 15.3. The third-order valence-corrected chi connectivity index (χ3v) is 3.03. The second-order valence-corrected chi connectivity index (χ2v) is 4.97. The van der Waals surface area contributed by atoms with Crippen LogP contribution in [0.5, 0.6) is 0 Å². The minimum atomic E-state index is 0.454. The molecule has 0 spiro atoms. The fourth-order valence-corrected chi connectivity index (χ4v) is 2.13. The van der Waals surface area contributed by atoms with Crippen LogP contribution in [0, 0.1) is 0 Å². The Bertz CT molecular complexity index is 332. The fourth-order valence-electron chi connectivity index (χ4n) is 2.13. The summed E-state index contributed by atoms with van der Waals surface area (Å²) in [6.07, 6.45) is 2.08. The first-order valence-electron chi connectivity index (χ1n) is 6.15. The molecular weight excluding hydrogens is 200 g/mol. The minimum Gasteiger partial charge on any atom is -0.312 e. The standard InChI is InChI=1S/C12H22N4/c1-10(2)16-6-4-12(14-16)9-15-7-5-13-11(3)8-15/h4,6,10-11,13H,5,7-9H2,1-3H3. The summed E-state index contributed by atoms with van der Waals surface area (Å²) in [7, 11) is 0. The molecule has 1 aromatic rings. The molecule has 1 fully saturated rings. The monoisotopic (exact) mass is 222 g/mol. The Morgan fingerprint density at radius 3 is 3.00 bits per heavy atom. The van der Waals surface area contributed by atoms with Crippen LogP contribution in [0.15, 0.2) is 12.3 Å². The molecule has 1 unspecified atom stereocenters. The summed E-state index contributed by atoms with van der Waals surface area (Å²) in [4.78, 5) is 2.47. The van der Waals surface area contributed by atoms with Gasteiger partial charge in [0, 0.05) is 44.5 Å². The van der Waals surface area contributed by atoms with E-state index in [4.69, 9.17) is 0 Å². The molecule has 1 saturated heterocycles. The van der Waals surface area contributed by atoms with E-state index in [2.05, 4.69) is 48.3 Å². The molecule has 4 nitrogen and oxygen atoms in total. The lowest BCUT2D eigenvalue weighted by molar-refractivity contribution is 0.197. The summed E-state index contributed by atoms with van der Waals surface area (Å²) >= 11 is 0. The highest BCUT2D eigenvalue weighted by Crippen LogP contribution is 2.08. The summed E-state index contributed by atoms with van der Waals surface area (Å²) in [5.74, 6) is 0. The lowest BCUT2D eigenvalue weighted by Crippen LogP contribution is -2.48. The van der Waals surface area contributed by atoms with Crippen molar-refractivity contribution in [1.82, 2.24) is 20.0 Å². The molecule has 0 aromatic carbocycles. The van der Waals surface area contributed by atoms with Gasteiger partial charge in [-0.25, -0.2) is 0 Å². The van der Waals surface area contributed by atoms with Gasteiger partial charge in [0.1, 0.15) is 0 Å². The number of nitrogens with zero attached hydrogens (tertiary/aromatic N) is 3. The zero-order valence-electron chi connectivity index (χ0n) is 10.5. The van der Waals surface area contributed by atoms with Crippen LogP contribution in [0.1, 0.15) is 32.5 Å². The van der Waals surface area contributed by atoms with Gasteiger partial charge in [0.2, 0.25) is 0 Å². The largest absolute Gasteiger partial charge is 0.312 e. The SMILES string of the molecule is CC1CN(Cc2ccn(C(C)C)n2)CCN1. The van der Waals surface area contributed by atoms with Gasteiger partial charge in [-0.2, -0.15) is 5.10 Å². The Morgan fingerprint density at radius 2 is 2.38 bits per heavy atom. The first-order chi connectivity index (χ1) is 7.65. The zero-order chi connectivity index (χ0) is 11.5. The molecular formula is C12H22N4. The second kappa shape index (κ2) is 4.97. The third kappa shape index (κ3) is 2.83. The molecule has 1 atom stereocenters. The van der Waals surface area contributed by atoms with Gasteiger partial charge in [0.25, 0.3) is 0 Å².